The standard InChI is InChI=1S/C13H17Cl3FNO2S/c1-3-13(4-2,7-14)8-18-21(19,20)10-6-5-9(15)12(17)11(10)16/h5-6,18H,3-4,7-8H2,1-2H3. The van der Waals surface area contributed by atoms with Crippen molar-refractivity contribution >= 4 is 44.8 Å². The van der Waals surface area contributed by atoms with Crippen molar-refractivity contribution in [3.05, 3.63) is 28.0 Å². The van der Waals surface area contributed by atoms with Crippen LogP contribution in [-0.4, -0.2) is 20.8 Å². The molecule has 0 saturated carbocycles. The van der Waals surface area contributed by atoms with E-state index in [4.69, 9.17) is 34.8 Å². The van der Waals surface area contributed by atoms with E-state index in [1.54, 1.807) is 0 Å². The summed E-state index contributed by atoms with van der Waals surface area (Å²) in [7, 11) is -3.93. The van der Waals surface area contributed by atoms with Crippen molar-refractivity contribution in [1.82, 2.24) is 4.72 Å². The third kappa shape index (κ3) is 4.23. The smallest absolute Gasteiger partial charge is 0.211 e. The van der Waals surface area contributed by atoms with Crippen LogP contribution in [0.15, 0.2) is 17.0 Å². The first-order chi connectivity index (χ1) is 9.73. The van der Waals surface area contributed by atoms with E-state index in [1.807, 2.05) is 13.8 Å². The number of halogens is 4. The highest BCUT2D eigenvalue weighted by molar-refractivity contribution is 7.89. The van der Waals surface area contributed by atoms with Crippen LogP contribution in [-0.2, 0) is 10.0 Å². The highest BCUT2D eigenvalue weighted by atomic mass is 35.5. The van der Waals surface area contributed by atoms with Crippen molar-refractivity contribution in [1.29, 1.82) is 0 Å². The number of rotatable bonds is 7. The van der Waals surface area contributed by atoms with E-state index in [9.17, 15) is 12.8 Å². The molecule has 1 N–H and O–H groups in total. The van der Waals surface area contributed by atoms with Crippen molar-refractivity contribution in [2.45, 2.75) is 31.6 Å². The topological polar surface area (TPSA) is 46.2 Å². The van der Waals surface area contributed by atoms with Crippen LogP contribution in [0.4, 0.5) is 4.39 Å². The van der Waals surface area contributed by atoms with Crippen molar-refractivity contribution in [3.8, 4) is 0 Å². The van der Waals surface area contributed by atoms with Crippen LogP contribution in [0, 0.1) is 11.2 Å². The molecule has 1 rings (SSSR count). The van der Waals surface area contributed by atoms with Gasteiger partial charge < -0.3 is 0 Å². The van der Waals surface area contributed by atoms with Gasteiger partial charge in [0.2, 0.25) is 10.0 Å². The van der Waals surface area contributed by atoms with Crippen LogP contribution in [0.25, 0.3) is 0 Å². The second-order valence-electron chi connectivity index (χ2n) is 4.84. The third-order valence-corrected chi connectivity index (χ3v) is 6.49. The lowest BCUT2D eigenvalue weighted by Gasteiger charge is -2.29. The molecule has 0 amide bonds. The number of sulfonamides is 1. The maximum Gasteiger partial charge on any atom is 0.242 e. The molecule has 8 heteroatoms. The largest absolute Gasteiger partial charge is 0.242 e. The number of benzene rings is 1. The van der Waals surface area contributed by atoms with Gasteiger partial charge >= 0.3 is 0 Å². The summed E-state index contributed by atoms with van der Waals surface area (Å²) >= 11 is 17.2. The molecule has 3 nitrogen and oxygen atoms in total. The van der Waals surface area contributed by atoms with Gasteiger partial charge in [0.25, 0.3) is 0 Å². The monoisotopic (exact) mass is 375 g/mol. The van der Waals surface area contributed by atoms with Gasteiger partial charge in [0.15, 0.2) is 5.82 Å². The van der Waals surface area contributed by atoms with Gasteiger partial charge in [0.05, 0.1) is 10.0 Å². The molecule has 21 heavy (non-hydrogen) atoms. The SMILES string of the molecule is CCC(CC)(CCl)CNS(=O)(=O)c1ccc(Cl)c(F)c1Cl. The van der Waals surface area contributed by atoms with E-state index in [2.05, 4.69) is 4.72 Å². The van der Waals surface area contributed by atoms with Gasteiger partial charge in [0, 0.05) is 12.4 Å². The van der Waals surface area contributed by atoms with Crippen LogP contribution >= 0.6 is 34.8 Å². The summed E-state index contributed by atoms with van der Waals surface area (Å²) in [5.41, 5.74) is -0.341. The Kier molecular flexibility index (Phi) is 6.75. The zero-order chi connectivity index (χ0) is 16.3. The molecule has 0 radical (unpaired) electrons. The minimum absolute atomic E-state index is 0.159. The Morgan fingerprint density at radius 2 is 1.81 bits per heavy atom. The average molecular weight is 377 g/mol. The summed E-state index contributed by atoms with van der Waals surface area (Å²) in [6, 6.07) is 2.34. The molecule has 0 fully saturated rings. The van der Waals surface area contributed by atoms with E-state index < -0.39 is 20.9 Å². The maximum absolute atomic E-state index is 13.6. The Labute approximate surface area is 139 Å². The van der Waals surface area contributed by atoms with Gasteiger partial charge in [-0.05, 0) is 30.4 Å². The van der Waals surface area contributed by atoms with Crippen LogP contribution in [0.2, 0.25) is 10.0 Å². The fraction of sp³-hybridized carbons (Fsp3) is 0.538. The second kappa shape index (κ2) is 7.47. The molecular weight excluding hydrogens is 360 g/mol. The quantitative estimate of drug-likeness (QED) is 0.564. The summed E-state index contributed by atoms with van der Waals surface area (Å²) < 4.78 is 40.6. The molecular formula is C13H17Cl3FNO2S. The molecule has 1 aromatic carbocycles. The number of nitrogens with one attached hydrogen (secondary N) is 1. The van der Waals surface area contributed by atoms with Crippen molar-refractivity contribution in [3.63, 3.8) is 0 Å². The van der Waals surface area contributed by atoms with Gasteiger partial charge in [-0.15, -0.1) is 11.6 Å². The molecule has 0 aliphatic rings. The Bertz CT molecular complexity index is 595. The average Bonchev–Trinajstić information content (AvgIpc) is 2.46. The number of hydrogen-bond donors (Lipinski definition) is 1. The molecule has 0 aliphatic carbocycles. The van der Waals surface area contributed by atoms with E-state index in [1.165, 1.54) is 6.07 Å². The fourth-order valence-electron chi connectivity index (χ4n) is 1.78. The molecule has 0 bridgehead atoms. The minimum atomic E-state index is -3.93. The molecule has 1 aromatic rings. The Balaban J connectivity index is 3.06. The van der Waals surface area contributed by atoms with Crippen LogP contribution in [0.3, 0.4) is 0 Å². The summed E-state index contributed by atoms with van der Waals surface area (Å²) in [6.07, 6.45) is 1.44. The maximum atomic E-state index is 13.6. The van der Waals surface area contributed by atoms with E-state index in [0.717, 1.165) is 18.9 Å². The predicted molar refractivity (Wildman–Crippen MR) is 85.3 cm³/mol. The molecule has 0 saturated heterocycles. The van der Waals surface area contributed by atoms with Crippen molar-refractivity contribution < 1.29 is 12.8 Å². The molecule has 120 valence electrons. The van der Waals surface area contributed by atoms with Crippen molar-refractivity contribution in [2.24, 2.45) is 5.41 Å². The van der Waals surface area contributed by atoms with Crippen LogP contribution in [0.5, 0.6) is 0 Å². The molecule has 0 spiro atoms. The highest BCUT2D eigenvalue weighted by Crippen LogP contribution is 2.31. The summed E-state index contributed by atoms with van der Waals surface area (Å²) in [5.74, 6) is -0.624. The lowest BCUT2D eigenvalue weighted by atomic mass is 9.85. The first-order valence-corrected chi connectivity index (χ1v) is 9.19. The minimum Gasteiger partial charge on any atom is -0.211 e. The lowest BCUT2D eigenvalue weighted by molar-refractivity contribution is 0.304. The second-order valence-corrected chi connectivity index (χ2v) is 7.63. The summed E-state index contributed by atoms with van der Waals surface area (Å²) in [5, 5.41) is -0.740. The molecule has 0 atom stereocenters. The normalized spacial score (nSPS) is 12.7. The van der Waals surface area contributed by atoms with Gasteiger partial charge in [-0.25, -0.2) is 17.5 Å². The van der Waals surface area contributed by atoms with E-state index in [-0.39, 0.29) is 21.9 Å². The van der Waals surface area contributed by atoms with Crippen LogP contribution < -0.4 is 4.72 Å². The summed E-state index contributed by atoms with van der Waals surface area (Å²) in [4.78, 5) is -0.332. The molecule has 0 aromatic heterocycles. The first kappa shape index (κ1) is 19.0. The van der Waals surface area contributed by atoms with Gasteiger partial charge in [-0.1, -0.05) is 37.0 Å². The van der Waals surface area contributed by atoms with E-state index in [0.29, 0.717) is 5.88 Å². The number of alkyl halides is 1. The Morgan fingerprint density at radius 3 is 2.29 bits per heavy atom. The predicted octanol–water partition coefficient (Wildman–Crippen LogP) is 4.46. The third-order valence-electron chi connectivity index (χ3n) is 3.71. The first-order valence-electron chi connectivity index (χ1n) is 6.42. The van der Waals surface area contributed by atoms with Gasteiger partial charge in [-0.3, -0.25) is 0 Å². The molecule has 0 heterocycles. The van der Waals surface area contributed by atoms with E-state index >= 15 is 0 Å². The Morgan fingerprint density at radius 1 is 1.24 bits per heavy atom. The van der Waals surface area contributed by atoms with Crippen molar-refractivity contribution in [2.75, 3.05) is 12.4 Å². The highest BCUT2D eigenvalue weighted by Gasteiger charge is 2.29. The zero-order valence-corrected chi connectivity index (χ0v) is 14.8. The fourth-order valence-corrected chi connectivity index (χ4v) is 4.15. The van der Waals surface area contributed by atoms with Crippen LogP contribution in [0.1, 0.15) is 26.7 Å². The molecule has 0 aliphatic heterocycles. The Hall–Kier alpha value is -0.0700. The van der Waals surface area contributed by atoms with Gasteiger partial charge in [-0.2, -0.15) is 0 Å². The summed E-state index contributed by atoms with van der Waals surface area (Å²) in [6.45, 7) is 4.04. The van der Waals surface area contributed by atoms with Gasteiger partial charge in [0.1, 0.15) is 4.90 Å². The lowest BCUT2D eigenvalue weighted by Crippen LogP contribution is -2.38. The number of hydrogen-bond acceptors (Lipinski definition) is 2. The molecule has 0 unspecified atom stereocenters. The zero-order valence-electron chi connectivity index (χ0n) is 11.7.